The van der Waals surface area contributed by atoms with Gasteiger partial charge < -0.3 is 15.0 Å². The van der Waals surface area contributed by atoms with E-state index in [0.717, 1.165) is 10.4 Å². The molecule has 5 nitrogen and oxygen atoms in total. The lowest BCUT2D eigenvalue weighted by molar-refractivity contribution is -0.148. The van der Waals surface area contributed by atoms with Crippen LogP contribution in [0.15, 0.2) is 35.7 Å². The minimum absolute atomic E-state index is 0.376. The summed E-state index contributed by atoms with van der Waals surface area (Å²) >= 11 is 1.55. The van der Waals surface area contributed by atoms with Crippen molar-refractivity contribution in [3.05, 3.63) is 46.2 Å². The van der Waals surface area contributed by atoms with E-state index in [2.05, 4.69) is 5.32 Å². The van der Waals surface area contributed by atoms with E-state index in [9.17, 15) is 9.59 Å². The van der Waals surface area contributed by atoms with Gasteiger partial charge in [-0.15, -0.1) is 11.3 Å². The van der Waals surface area contributed by atoms with Crippen LogP contribution in [0.25, 0.3) is 0 Å². The molecule has 0 bridgehead atoms. The first kappa shape index (κ1) is 15.6. The zero-order valence-corrected chi connectivity index (χ0v) is 14.1. The number of nitrogens with zero attached hydrogens (tertiary/aromatic N) is 1. The largest absolute Gasteiger partial charge is 0.466 e. The standard InChI is InChI=1S/C17H18N2O3S/c1-11-6-7-14-13(9-11)19(3)16(21)17(2,22-14)15(20)18-10-12-5-4-8-23-12/h4-9H,10H2,1-3H3,(H,18,20). The third-order valence-electron chi connectivity index (χ3n) is 3.94. The minimum Gasteiger partial charge on any atom is -0.466 e. The molecule has 120 valence electrons. The number of thiophene rings is 1. The fourth-order valence-electron chi connectivity index (χ4n) is 2.56. The van der Waals surface area contributed by atoms with E-state index in [-0.39, 0.29) is 5.91 Å². The molecule has 1 atom stereocenters. The third-order valence-corrected chi connectivity index (χ3v) is 4.82. The van der Waals surface area contributed by atoms with Gasteiger partial charge in [0.25, 0.3) is 17.4 Å². The normalized spacial score (nSPS) is 20.0. The van der Waals surface area contributed by atoms with Crippen molar-refractivity contribution in [1.82, 2.24) is 5.32 Å². The van der Waals surface area contributed by atoms with Gasteiger partial charge in [0.1, 0.15) is 5.75 Å². The van der Waals surface area contributed by atoms with Crippen molar-refractivity contribution < 1.29 is 14.3 Å². The van der Waals surface area contributed by atoms with Crippen molar-refractivity contribution in [2.45, 2.75) is 26.0 Å². The van der Waals surface area contributed by atoms with E-state index >= 15 is 0 Å². The Morgan fingerprint density at radius 2 is 2.17 bits per heavy atom. The summed E-state index contributed by atoms with van der Waals surface area (Å²) < 4.78 is 5.79. The molecular weight excluding hydrogens is 312 g/mol. The lowest BCUT2D eigenvalue weighted by Gasteiger charge is -2.38. The zero-order valence-electron chi connectivity index (χ0n) is 13.3. The number of fused-ring (bicyclic) bond motifs is 1. The highest BCUT2D eigenvalue weighted by Crippen LogP contribution is 2.37. The number of ether oxygens (including phenoxy) is 1. The zero-order chi connectivity index (χ0) is 16.6. The Kier molecular flexibility index (Phi) is 3.85. The fraction of sp³-hybridized carbons (Fsp3) is 0.294. The molecule has 0 saturated carbocycles. The molecule has 2 heterocycles. The second kappa shape index (κ2) is 5.70. The molecule has 2 aromatic rings. The SMILES string of the molecule is Cc1ccc2c(c1)N(C)C(=O)C(C)(C(=O)NCc1cccs1)O2. The van der Waals surface area contributed by atoms with Crippen molar-refractivity contribution in [3.8, 4) is 5.75 Å². The van der Waals surface area contributed by atoms with Crippen molar-refractivity contribution in [3.63, 3.8) is 0 Å². The number of anilines is 1. The number of hydrogen-bond donors (Lipinski definition) is 1. The van der Waals surface area contributed by atoms with Gasteiger partial charge in [0, 0.05) is 11.9 Å². The average molecular weight is 330 g/mol. The van der Waals surface area contributed by atoms with Crippen molar-refractivity contribution in [2.75, 3.05) is 11.9 Å². The molecule has 1 aromatic carbocycles. The van der Waals surface area contributed by atoms with E-state index in [1.807, 2.05) is 36.6 Å². The molecule has 0 radical (unpaired) electrons. The maximum atomic E-state index is 12.7. The molecule has 0 fully saturated rings. The second-order valence-corrected chi connectivity index (χ2v) is 6.76. The van der Waals surface area contributed by atoms with Gasteiger partial charge in [-0.2, -0.15) is 0 Å². The fourth-order valence-corrected chi connectivity index (χ4v) is 3.21. The highest BCUT2D eigenvalue weighted by molar-refractivity contribution is 7.09. The molecule has 2 amide bonds. The van der Waals surface area contributed by atoms with Crippen LogP contribution in [0.4, 0.5) is 5.69 Å². The van der Waals surface area contributed by atoms with Crippen LogP contribution in [-0.2, 0) is 16.1 Å². The first-order chi connectivity index (χ1) is 10.9. The van der Waals surface area contributed by atoms with Crippen LogP contribution >= 0.6 is 11.3 Å². The van der Waals surface area contributed by atoms with Crippen LogP contribution in [0.2, 0.25) is 0 Å². The number of carbonyl (C=O) groups is 2. The topological polar surface area (TPSA) is 58.6 Å². The molecule has 1 N–H and O–H groups in total. The van der Waals surface area contributed by atoms with Gasteiger partial charge in [-0.1, -0.05) is 12.1 Å². The summed E-state index contributed by atoms with van der Waals surface area (Å²) in [5.74, 6) is -0.278. The number of carbonyl (C=O) groups excluding carboxylic acids is 2. The summed E-state index contributed by atoms with van der Waals surface area (Å²) in [5.41, 5.74) is 0.144. The molecule has 0 aliphatic carbocycles. The number of nitrogens with one attached hydrogen (secondary N) is 1. The minimum atomic E-state index is -1.56. The maximum absolute atomic E-state index is 12.7. The summed E-state index contributed by atoms with van der Waals surface area (Å²) in [4.78, 5) is 27.7. The quantitative estimate of drug-likeness (QED) is 0.880. The Hall–Kier alpha value is -2.34. The third kappa shape index (κ3) is 2.70. The van der Waals surface area contributed by atoms with Gasteiger partial charge in [0.05, 0.1) is 12.2 Å². The summed E-state index contributed by atoms with van der Waals surface area (Å²) in [5, 5.41) is 4.73. The molecule has 6 heteroatoms. The first-order valence-electron chi connectivity index (χ1n) is 7.30. The van der Waals surface area contributed by atoms with E-state index in [1.54, 1.807) is 24.5 Å². The number of hydrogen-bond acceptors (Lipinski definition) is 4. The van der Waals surface area contributed by atoms with Gasteiger partial charge in [-0.3, -0.25) is 9.59 Å². The molecule has 23 heavy (non-hydrogen) atoms. The van der Waals surface area contributed by atoms with Gasteiger partial charge in [0.2, 0.25) is 0 Å². The second-order valence-electron chi connectivity index (χ2n) is 5.73. The highest BCUT2D eigenvalue weighted by atomic mass is 32.1. The Bertz CT molecular complexity index is 757. The first-order valence-corrected chi connectivity index (χ1v) is 8.18. The lowest BCUT2D eigenvalue weighted by Crippen LogP contribution is -2.61. The lowest BCUT2D eigenvalue weighted by atomic mass is 10.00. The van der Waals surface area contributed by atoms with Gasteiger partial charge in [-0.25, -0.2) is 0 Å². The molecule has 1 aliphatic heterocycles. The van der Waals surface area contributed by atoms with E-state index < -0.39 is 11.5 Å². The van der Waals surface area contributed by atoms with E-state index in [1.165, 1.54) is 11.8 Å². The van der Waals surface area contributed by atoms with E-state index in [4.69, 9.17) is 4.74 Å². The van der Waals surface area contributed by atoms with Crippen LogP contribution in [0.3, 0.4) is 0 Å². The van der Waals surface area contributed by atoms with Gasteiger partial charge in [0.15, 0.2) is 0 Å². The predicted octanol–water partition coefficient (Wildman–Crippen LogP) is 2.49. The number of benzene rings is 1. The van der Waals surface area contributed by atoms with Crippen LogP contribution < -0.4 is 15.0 Å². The molecule has 0 saturated heterocycles. The van der Waals surface area contributed by atoms with Crippen LogP contribution in [0.5, 0.6) is 5.75 Å². The maximum Gasteiger partial charge on any atom is 0.280 e. The molecule has 1 unspecified atom stereocenters. The summed E-state index contributed by atoms with van der Waals surface area (Å²) in [6.45, 7) is 3.84. The number of likely N-dealkylation sites (N-methyl/N-ethyl adjacent to an activating group) is 1. The van der Waals surface area contributed by atoms with Crippen LogP contribution in [0, 0.1) is 6.92 Å². The van der Waals surface area contributed by atoms with Crippen LogP contribution in [-0.4, -0.2) is 24.5 Å². The Labute approximate surface area is 138 Å². The Balaban J connectivity index is 1.84. The average Bonchev–Trinajstić information content (AvgIpc) is 3.05. The summed E-state index contributed by atoms with van der Waals surface area (Å²) in [7, 11) is 1.66. The smallest absolute Gasteiger partial charge is 0.280 e. The van der Waals surface area contributed by atoms with Crippen molar-refractivity contribution >= 4 is 28.8 Å². The monoisotopic (exact) mass is 330 g/mol. The Morgan fingerprint density at radius 3 is 2.87 bits per heavy atom. The van der Waals surface area contributed by atoms with Crippen LogP contribution in [0.1, 0.15) is 17.4 Å². The number of rotatable bonds is 3. The summed E-state index contributed by atoms with van der Waals surface area (Å²) in [6.07, 6.45) is 0. The molecule has 0 spiro atoms. The predicted molar refractivity (Wildman–Crippen MR) is 89.8 cm³/mol. The number of aryl methyl sites for hydroxylation is 1. The van der Waals surface area contributed by atoms with Crippen molar-refractivity contribution in [2.24, 2.45) is 0 Å². The number of amides is 2. The Morgan fingerprint density at radius 1 is 1.39 bits per heavy atom. The van der Waals surface area contributed by atoms with Gasteiger partial charge in [-0.05, 0) is 43.0 Å². The highest BCUT2D eigenvalue weighted by Gasteiger charge is 2.49. The molecular formula is C17H18N2O3S. The summed E-state index contributed by atoms with van der Waals surface area (Å²) in [6, 6.07) is 9.41. The van der Waals surface area contributed by atoms with E-state index in [0.29, 0.717) is 18.0 Å². The molecule has 3 rings (SSSR count). The van der Waals surface area contributed by atoms with Gasteiger partial charge >= 0.3 is 0 Å². The molecule has 1 aliphatic rings. The van der Waals surface area contributed by atoms with Crippen molar-refractivity contribution in [1.29, 1.82) is 0 Å². The molecule has 1 aromatic heterocycles.